The molecule has 1 N–H and O–H groups in total. The molecule has 5 heterocycles. The number of nitrogens with one attached hydrogen (secondary N) is 1. The van der Waals surface area contributed by atoms with Gasteiger partial charge in [-0.2, -0.15) is 0 Å². The predicted molar refractivity (Wildman–Crippen MR) is 124 cm³/mol. The van der Waals surface area contributed by atoms with Gasteiger partial charge in [0.05, 0.1) is 17.6 Å². The van der Waals surface area contributed by atoms with Crippen LogP contribution in [-0.2, 0) is 11.3 Å². The second kappa shape index (κ2) is 8.54. The summed E-state index contributed by atoms with van der Waals surface area (Å²) in [5, 5.41) is 3.71. The lowest BCUT2D eigenvalue weighted by molar-refractivity contribution is -0.116. The summed E-state index contributed by atoms with van der Waals surface area (Å²) in [6.07, 6.45) is 10.2. The highest BCUT2D eigenvalue weighted by molar-refractivity contribution is 5.94. The average Bonchev–Trinajstić information content (AvgIpc) is 3.21. The van der Waals surface area contributed by atoms with E-state index in [9.17, 15) is 4.79 Å². The molecule has 0 bridgehead atoms. The Bertz CT molecular complexity index is 1450. The number of anilines is 1. The quantitative estimate of drug-likeness (QED) is 0.448. The normalized spacial score (nSPS) is 11.0. The zero-order chi connectivity index (χ0) is 22.8. The first-order valence-corrected chi connectivity index (χ1v) is 10.4. The van der Waals surface area contributed by atoms with E-state index < -0.39 is 0 Å². The highest BCUT2D eigenvalue weighted by atomic mass is 16.2. The summed E-state index contributed by atoms with van der Waals surface area (Å²) in [5.41, 5.74) is 4.94. The van der Waals surface area contributed by atoms with Gasteiger partial charge in [0.15, 0.2) is 0 Å². The molecule has 0 fully saturated rings. The van der Waals surface area contributed by atoms with E-state index in [1.54, 1.807) is 37.1 Å². The fraction of sp³-hybridized carbons (Fsp3) is 0.125. The average molecular weight is 436 g/mol. The number of aromatic nitrogens is 7. The summed E-state index contributed by atoms with van der Waals surface area (Å²) in [5.74, 6) is 0.890. The second-order valence-corrected chi connectivity index (χ2v) is 7.56. The fourth-order valence-corrected chi connectivity index (χ4v) is 3.62. The minimum absolute atomic E-state index is 0.0996. The Morgan fingerprint density at radius 3 is 2.61 bits per heavy atom. The number of carbonyl (C=O) groups excluding carboxylic acids is 1. The third-order valence-corrected chi connectivity index (χ3v) is 5.10. The summed E-state index contributed by atoms with van der Waals surface area (Å²) in [6.45, 7) is 3.89. The first-order valence-electron chi connectivity index (χ1n) is 10.4. The molecule has 0 aliphatic heterocycles. The zero-order valence-electron chi connectivity index (χ0n) is 18.1. The van der Waals surface area contributed by atoms with E-state index in [-0.39, 0.29) is 12.5 Å². The zero-order valence-corrected chi connectivity index (χ0v) is 18.1. The van der Waals surface area contributed by atoms with E-state index in [0.29, 0.717) is 17.3 Å². The lowest BCUT2D eigenvalue weighted by Gasteiger charge is -2.09. The monoisotopic (exact) mass is 436 g/mol. The van der Waals surface area contributed by atoms with Gasteiger partial charge in [0.25, 0.3) is 0 Å². The second-order valence-electron chi connectivity index (χ2n) is 7.56. The van der Waals surface area contributed by atoms with Gasteiger partial charge in [-0.05, 0) is 44.2 Å². The smallest absolute Gasteiger partial charge is 0.245 e. The molecule has 0 aromatic carbocycles. The number of hydrogen-bond acceptors (Lipinski definition) is 7. The molecule has 0 aliphatic rings. The molecule has 0 radical (unpaired) electrons. The SMILES string of the molecule is Cc1cc(-c2nc(C)nc3c2ccn3CC(=O)Nc2ccc(-c3cnccn3)cn2)ccn1. The molecular weight excluding hydrogens is 416 g/mol. The topological polar surface area (TPSA) is 111 Å². The third-order valence-electron chi connectivity index (χ3n) is 5.10. The van der Waals surface area contributed by atoms with Crippen molar-refractivity contribution in [3.63, 3.8) is 0 Å². The number of amides is 1. The van der Waals surface area contributed by atoms with E-state index in [4.69, 9.17) is 0 Å². The van der Waals surface area contributed by atoms with Crippen molar-refractivity contribution in [3.05, 3.63) is 79.0 Å². The predicted octanol–water partition coefficient (Wildman–Crippen LogP) is 3.60. The fourth-order valence-electron chi connectivity index (χ4n) is 3.62. The number of aryl methyl sites for hydroxylation is 2. The summed E-state index contributed by atoms with van der Waals surface area (Å²) in [4.78, 5) is 38.8. The number of hydrogen-bond donors (Lipinski definition) is 1. The van der Waals surface area contributed by atoms with Gasteiger partial charge < -0.3 is 9.88 Å². The lowest BCUT2D eigenvalue weighted by atomic mass is 10.1. The van der Waals surface area contributed by atoms with Crippen LogP contribution in [0.1, 0.15) is 11.5 Å². The van der Waals surface area contributed by atoms with Gasteiger partial charge in [-0.25, -0.2) is 15.0 Å². The molecule has 0 spiro atoms. The lowest BCUT2D eigenvalue weighted by Crippen LogP contribution is -2.19. The van der Waals surface area contributed by atoms with E-state index in [1.807, 2.05) is 48.9 Å². The van der Waals surface area contributed by atoms with Crippen LogP contribution in [0.15, 0.2) is 67.5 Å². The number of rotatable bonds is 5. The van der Waals surface area contributed by atoms with Crippen LogP contribution in [0.25, 0.3) is 33.5 Å². The van der Waals surface area contributed by atoms with Crippen molar-refractivity contribution in [2.24, 2.45) is 0 Å². The van der Waals surface area contributed by atoms with Crippen LogP contribution in [-0.4, -0.2) is 40.4 Å². The Morgan fingerprint density at radius 1 is 0.939 bits per heavy atom. The molecule has 5 rings (SSSR count). The van der Waals surface area contributed by atoms with Gasteiger partial charge in [-0.1, -0.05) is 0 Å². The van der Waals surface area contributed by atoms with E-state index >= 15 is 0 Å². The van der Waals surface area contributed by atoms with Gasteiger partial charge >= 0.3 is 0 Å². The molecule has 0 atom stereocenters. The van der Waals surface area contributed by atoms with Crippen molar-refractivity contribution in [1.29, 1.82) is 0 Å². The Balaban J connectivity index is 1.37. The van der Waals surface area contributed by atoms with E-state index in [1.165, 1.54) is 0 Å². The van der Waals surface area contributed by atoms with E-state index in [2.05, 4.69) is 35.2 Å². The first-order chi connectivity index (χ1) is 16.1. The van der Waals surface area contributed by atoms with Gasteiger partial charge in [0, 0.05) is 53.2 Å². The van der Waals surface area contributed by atoms with Crippen molar-refractivity contribution >= 4 is 22.8 Å². The van der Waals surface area contributed by atoms with Crippen LogP contribution >= 0.6 is 0 Å². The van der Waals surface area contributed by atoms with Crippen molar-refractivity contribution in [2.45, 2.75) is 20.4 Å². The molecule has 1 amide bonds. The summed E-state index contributed by atoms with van der Waals surface area (Å²) in [6, 6.07) is 9.43. The van der Waals surface area contributed by atoms with Crippen LogP contribution in [0.2, 0.25) is 0 Å². The summed E-state index contributed by atoms with van der Waals surface area (Å²) < 4.78 is 1.81. The minimum atomic E-state index is -0.204. The Labute approximate surface area is 189 Å². The third kappa shape index (κ3) is 4.29. The molecule has 162 valence electrons. The van der Waals surface area contributed by atoms with Gasteiger partial charge in [-0.15, -0.1) is 0 Å². The Kier molecular flexibility index (Phi) is 5.27. The van der Waals surface area contributed by atoms with E-state index in [0.717, 1.165) is 33.6 Å². The van der Waals surface area contributed by atoms with Gasteiger partial charge in [0.2, 0.25) is 5.91 Å². The molecule has 0 unspecified atom stereocenters. The maximum absolute atomic E-state index is 12.7. The minimum Gasteiger partial charge on any atom is -0.323 e. The van der Waals surface area contributed by atoms with Crippen molar-refractivity contribution < 1.29 is 4.79 Å². The number of nitrogens with zero attached hydrogens (tertiary/aromatic N) is 7. The first kappa shape index (κ1) is 20.4. The Morgan fingerprint density at radius 2 is 1.85 bits per heavy atom. The Hall–Kier alpha value is -4.53. The van der Waals surface area contributed by atoms with Crippen molar-refractivity contribution in [1.82, 2.24) is 34.5 Å². The maximum Gasteiger partial charge on any atom is 0.245 e. The molecule has 5 aromatic rings. The molecule has 0 aliphatic carbocycles. The van der Waals surface area contributed by atoms with Crippen LogP contribution in [0.3, 0.4) is 0 Å². The van der Waals surface area contributed by atoms with Gasteiger partial charge in [0.1, 0.15) is 23.8 Å². The van der Waals surface area contributed by atoms with Crippen LogP contribution in [0.4, 0.5) is 5.82 Å². The largest absolute Gasteiger partial charge is 0.323 e. The number of pyridine rings is 2. The summed E-state index contributed by atoms with van der Waals surface area (Å²) >= 11 is 0. The standard InChI is InChI=1S/C24H20N8O/c1-15-11-17(5-7-26-15)23-19-6-10-32(24(19)30-16(2)29-23)14-22(33)31-21-4-3-18(12-28-21)20-13-25-8-9-27-20/h3-13H,14H2,1-2H3,(H,28,31,33). The molecule has 9 nitrogen and oxygen atoms in total. The molecule has 9 heteroatoms. The highest BCUT2D eigenvalue weighted by Crippen LogP contribution is 2.27. The van der Waals surface area contributed by atoms with Crippen molar-refractivity contribution in [2.75, 3.05) is 5.32 Å². The van der Waals surface area contributed by atoms with Crippen LogP contribution in [0, 0.1) is 13.8 Å². The molecule has 33 heavy (non-hydrogen) atoms. The highest BCUT2D eigenvalue weighted by Gasteiger charge is 2.14. The van der Waals surface area contributed by atoms with Crippen LogP contribution < -0.4 is 5.32 Å². The van der Waals surface area contributed by atoms with Gasteiger partial charge in [-0.3, -0.25) is 19.7 Å². The molecule has 0 saturated carbocycles. The number of fused-ring (bicyclic) bond motifs is 1. The molecule has 5 aromatic heterocycles. The van der Waals surface area contributed by atoms with Crippen LogP contribution in [0.5, 0.6) is 0 Å². The number of carbonyl (C=O) groups is 1. The maximum atomic E-state index is 12.7. The molecule has 0 saturated heterocycles. The van der Waals surface area contributed by atoms with Crippen molar-refractivity contribution in [3.8, 4) is 22.5 Å². The summed E-state index contributed by atoms with van der Waals surface area (Å²) in [7, 11) is 0. The molecular formula is C24H20N8O.